The lowest BCUT2D eigenvalue weighted by Crippen LogP contribution is -2.07. The number of ether oxygens (including phenoxy) is 1. The maximum atomic E-state index is 14.9. The molecule has 0 saturated heterocycles. The fourth-order valence-corrected chi connectivity index (χ4v) is 7.19. The van der Waals surface area contributed by atoms with Crippen molar-refractivity contribution in [1.29, 1.82) is 5.26 Å². The van der Waals surface area contributed by atoms with Gasteiger partial charge in [0.15, 0.2) is 16.7 Å². The van der Waals surface area contributed by atoms with E-state index in [1.54, 1.807) is 54.6 Å². The molecule has 1 unspecified atom stereocenters. The number of hydrogen-bond acceptors (Lipinski definition) is 4. The van der Waals surface area contributed by atoms with Gasteiger partial charge in [0, 0.05) is 33.2 Å². The van der Waals surface area contributed by atoms with Gasteiger partial charge in [-0.15, -0.1) is 0 Å². The van der Waals surface area contributed by atoms with Crippen molar-refractivity contribution in [3.63, 3.8) is 0 Å². The Kier molecular flexibility index (Phi) is 8.60. The molecule has 0 aliphatic heterocycles. The topological polar surface area (TPSA) is 92.3 Å². The Bertz CT molecular complexity index is 2260. The molecule has 5 aromatic carbocycles. The van der Waals surface area contributed by atoms with Crippen LogP contribution < -0.4 is 4.74 Å². The summed E-state index contributed by atoms with van der Waals surface area (Å²) in [5.41, 5.74) is 3.05. The quantitative estimate of drug-likeness (QED) is 0.174. The van der Waals surface area contributed by atoms with Crippen LogP contribution in [0.15, 0.2) is 108 Å². The third-order valence-corrected chi connectivity index (χ3v) is 9.44. The highest BCUT2D eigenvalue weighted by Gasteiger charge is 2.27. The van der Waals surface area contributed by atoms with E-state index in [0.717, 1.165) is 0 Å². The first-order valence-corrected chi connectivity index (χ1v) is 15.5. The molecule has 0 aliphatic carbocycles. The minimum Gasteiger partial charge on any atom is -0.494 e. The van der Waals surface area contributed by atoms with Crippen LogP contribution in [0.25, 0.3) is 44.4 Å². The summed E-state index contributed by atoms with van der Waals surface area (Å²) in [4.78, 5) is 12.0. The number of aromatic nitrogens is 1. The second-order valence-electron chi connectivity index (χ2n) is 10.3. The number of aromatic carboxylic acids is 1. The van der Waals surface area contributed by atoms with E-state index in [1.165, 1.54) is 59.6 Å². The summed E-state index contributed by atoms with van der Waals surface area (Å²) in [6, 6.07) is 27.9. The predicted octanol–water partition coefficient (Wildman–Crippen LogP) is 9.52. The Hall–Kier alpha value is -5.37. The fourth-order valence-electron chi connectivity index (χ4n) is 5.56. The van der Waals surface area contributed by atoms with Crippen molar-refractivity contribution in [1.82, 2.24) is 3.97 Å². The molecule has 0 spiro atoms. The Morgan fingerprint density at radius 2 is 1.66 bits per heavy atom. The van der Waals surface area contributed by atoms with Gasteiger partial charge < -0.3 is 9.84 Å². The van der Waals surface area contributed by atoms with Crippen LogP contribution in [-0.4, -0.2) is 26.4 Å². The molecular formula is C36H22ClF3N2O4S. The Balaban J connectivity index is 1.68. The maximum Gasteiger partial charge on any atom is 0.339 e. The third kappa shape index (κ3) is 5.65. The summed E-state index contributed by atoms with van der Waals surface area (Å²) >= 11 is 6.66. The van der Waals surface area contributed by atoms with Crippen LogP contribution in [0.4, 0.5) is 13.2 Å². The molecule has 6 rings (SSSR count). The smallest absolute Gasteiger partial charge is 0.339 e. The van der Waals surface area contributed by atoms with Crippen molar-refractivity contribution in [3.05, 3.63) is 131 Å². The number of nitriles is 1. The molecule has 0 aliphatic rings. The number of carbonyl (C=O) groups is 1. The van der Waals surface area contributed by atoms with E-state index < -0.39 is 29.2 Å². The number of benzene rings is 5. The van der Waals surface area contributed by atoms with Gasteiger partial charge in [-0.1, -0.05) is 66.2 Å². The molecule has 1 heterocycles. The van der Waals surface area contributed by atoms with Crippen molar-refractivity contribution in [2.24, 2.45) is 0 Å². The zero-order chi connectivity index (χ0) is 33.4. The number of hydrogen-bond donors (Lipinski definition) is 1. The lowest BCUT2D eigenvalue weighted by Gasteiger charge is -2.16. The van der Waals surface area contributed by atoms with Gasteiger partial charge in [-0.2, -0.15) is 5.26 Å². The summed E-state index contributed by atoms with van der Waals surface area (Å²) in [5.74, 6) is -1.80. The highest BCUT2D eigenvalue weighted by molar-refractivity contribution is 7.83. The van der Waals surface area contributed by atoms with Gasteiger partial charge in [-0.3, -0.25) is 3.97 Å². The molecule has 0 fully saturated rings. The summed E-state index contributed by atoms with van der Waals surface area (Å²) in [7, 11) is -0.724. The van der Waals surface area contributed by atoms with E-state index in [4.69, 9.17) is 16.3 Å². The van der Waals surface area contributed by atoms with Gasteiger partial charge in [0.05, 0.1) is 39.9 Å². The number of carboxylic acids is 1. The monoisotopic (exact) mass is 670 g/mol. The molecule has 0 radical (unpaired) electrons. The molecule has 11 heteroatoms. The van der Waals surface area contributed by atoms with Crippen LogP contribution in [-0.2, 0) is 11.0 Å². The van der Waals surface area contributed by atoms with Crippen molar-refractivity contribution in [3.8, 4) is 45.3 Å². The zero-order valence-electron chi connectivity index (χ0n) is 24.4. The molecule has 1 N–H and O–H groups in total. The van der Waals surface area contributed by atoms with Crippen LogP contribution >= 0.6 is 11.6 Å². The SMILES string of the molecule is COc1c(C(=O)O)ccc(-c2cccc(-c3c(-c4ccccc4C#N)c4cc(F)ccc4n3S(=O)c3ccc(C(F)F)cc3)c2)c1Cl. The number of fused-ring (bicyclic) bond motifs is 1. The lowest BCUT2D eigenvalue weighted by atomic mass is 9.93. The normalized spacial score (nSPS) is 11.9. The summed E-state index contributed by atoms with van der Waals surface area (Å²) in [6.45, 7) is 0. The van der Waals surface area contributed by atoms with E-state index in [9.17, 15) is 32.5 Å². The van der Waals surface area contributed by atoms with Crippen molar-refractivity contribution in [2.45, 2.75) is 11.3 Å². The van der Waals surface area contributed by atoms with E-state index >= 15 is 0 Å². The Labute approximate surface area is 274 Å². The van der Waals surface area contributed by atoms with Crippen molar-refractivity contribution < 1.29 is 32.0 Å². The predicted molar refractivity (Wildman–Crippen MR) is 175 cm³/mol. The number of carboxylic acid groups (broad SMARTS) is 1. The minimum atomic E-state index is -2.71. The molecule has 6 nitrogen and oxygen atoms in total. The summed E-state index contributed by atoms with van der Waals surface area (Å²) < 4.78 is 62.8. The second kappa shape index (κ2) is 12.8. The van der Waals surface area contributed by atoms with E-state index in [-0.39, 0.29) is 32.4 Å². The summed E-state index contributed by atoms with van der Waals surface area (Å²) in [5, 5.41) is 20.1. The highest BCUT2D eigenvalue weighted by Crippen LogP contribution is 2.45. The standard InChI is InChI=1S/C36H22ClF3N2O4S/c1-46-34-28(36(43)44)15-14-27(32(34)37)21-6-4-7-22(17-21)33-31(26-8-3-2-5-23(26)19-41)29-18-24(38)11-16-30(29)42(33)47(45)25-12-9-20(10-13-25)35(39)40/h2-18,35H,1H3,(H,43,44). The lowest BCUT2D eigenvalue weighted by molar-refractivity contribution is 0.0693. The van der Waals surface area contributed by atoms with E-state index in [0.29, 0.717) is 44.4 Å². The number of alkyl halides is 2. The molecule has 6 aromatic rings. The molecule has 0 saturated carbocycles. The van der Waals surface area contributed by atoms with E-state index in [1.807, 2.05) is 0 Å². The van der Waals surface area contributed by atoms with E-state index in [2.05, 4.69) is 6.07 Å². The molecule has 47 heavy (non-hydrogen) atoms. The second-order valence-corrected chi connectivity index (χ2v) is 12.1. The average Bonchev–Trinajstić information content (AvgIpc) is 3.41. The van der Waals surface area contributed by atoms with Gasteiger partial charge in [-0.05, 0) is 54.1 Å². The molecule has 0 amide bonds. The van der Waals surface area contributed by atoms with Gasteiger partial charge in [-0.25, -0.2) is 22.2 Å². The van der Waals surface area contributed by atoms with Crippen molar-refractivity contribution >= 4 is 39.5 Å². The number of methoxy groups -OCH3 is 1. The van der Waals surface area contributed by atoms with Gasteiger partial charge >= 0.3 is 5.97 Å². The molecule has 234 valence electrons. The summed E-state index contributed by atoms with van der Waals surface area (Å²) in [6.07, 6.45) is -2.71. The van der Waals surface area contributed by atoms with Crippen LogP contribution in [0.2, 0.25) is 5.02 Å². The first-order chi connectivity index (χ1) is 22.6. The van der Waals surface area contributed by atoms with Gasteiger partial charge in [0.2, 0.25) is 0 Å². The first kappa shape index (κ1) is 31.6. The van der Waals surface area contributed by atoms with Crippen LogP contribution in [0.5, 0.6) is 5.75 Å². The largest absolute Gasteiger partial charge is 0.494 e. The third-order valence-electron chi connectivity index (χ3n) is 7.68. The maximum absolute atomic E-state index is 14.9. The molecule has 1 atom stereocenters. The molecular weight excluding hydrogens is 649 g/mol. The highest BCUT2D eigenvalue weighted by atomic mass is 35.5. The Morgan fingerprint density at radius 3 is 2.34 bits per heavy atom. The average molecular weight is 671 g/mol. The van der Waals surface area contributed by atoms with Gasteiger partial charge in [0.1, 0.15) is 11.4 Å². The van der Waals surface area contributed by atoms with Gasteiger partial charge in [0.25, 0.3) is 6.43 Å². The van der Waals surface area contributed by atoms with Crippen LogP contribution in [0.1, 0.15) is 27.9 Å². The molecule has 1 aromatic heterocycles. The minimum absolute atomic E-state index is 0.0244. The molecule has 0 bridgehead atoms. The van der Waals surface area contributed by atoms with Crippen LogP contribution in [0, 0.1) is 17.1 Å². The number of rotatable bonds is 8. The first-order valence-electron chi connectivity index (χ1n) is 14.0. The van der Waals surface area contributed by atoms with Crippen molar-refractivity contribution in [2.75, 3.05) is 7.11 Å². The van der Waals surface area contributed by atoms with Crippen LogP contribution in [0.3, 0.4) is 0 Å². The number of nitrogens with zero attached hydrogens (tertiary/aromatic N) is 2. The number of halogens is 4. The zero-order valence-corrected chi connectivity index (χ0v) is 26.0. The fraction of sp³-hybridized carbons (Fsp3) is 0.0556. The Morgan fingerprint density at radius 1 is 0.936 bits per heavy atom.